The van der Waals surface area contributed by atoms with E-state index in [1.807, 2.05) is 12.1 Å². The molecule has 1 aliphatic heterocycles. The predicted octanol–water partition coefficient (Wildman–Crippen LogP) is 4.88. The van der Waals surface area contributed by atoms with Crippen molar-refractivity contribution in [2.45, 2.75) is 51.2 Å². The van der Waals surface area contributed by atoms with E-state index in [9.17, 15) is 13.2 Å². The smallest absolute Gasteiger partial charge is 0.230 e. The first-order chi connectivity index (χ1) is 16.2. The van der Waals surface area contributed by atoms with Gasteiger partial charge in [-0.25, -0.2) is 13.4 Å². The van der Waals surface area contributed by atoms with Gasteiger partial charge in [-0.05, 0) is 35.7 Å². The monoisotopic (exact) mass is 518 g/mol. The number of carbonyl (C=O) groups is 1. The van der Waals surface area contributed by atoms with E-state index < -0.39 is 9.84 Å². The van der Waals surface area contributed by atoms with Crippen LogP contribution in [0, 0.1) is 5.92 Å². The number of rotatable bonds is 8. The van der Waals surface area contributed by atoms with Crippen molar-refractivity contribution in [2.75, 3.05) is 11.1 Å². The lowest BCUT2D eigenvalue weighted by atomic mass is 10.0. The fourth-order valence-corrected chi connectivity index (χ4v) is 6.19. The first-order valence-corrected chi connectivity index (χ1v) is 14.0. The maximum atomic E-state index is 12.6. The minimum atomic E-state index is -3.25. The maximum absolute atomic E-state index is 12.6. The molecule has 10 heteroatoms. The summed E-state index contributed by atoms with van der Waals surface area (Å²) in [5.41, 5.74) is 2.72. The van der Waals surface area contributed by atoms with E-state index in [0.29, 0.717) is 22.6 Å². The maximum Gasteiger partial charge on any atom is 0.230 e. The second-order valence-electron chi connectivity index (χ2n) is 8.66. The predicted molar refractivity (Wildman–Crippen MR) is 135 cm³/mol. The molecule has 0 saturated carbocycles. The van der Waals surface area contributed by atoms with Crippen LogP contribution in [0.1, 0.15) is 48.6 Å². The highest BCUT2D eigenvalue weighted by Crippen LogP contribution is 2.43. The van der Waals surface area contributed by atoms with Crippen molar-refractivity contribution in [2.24, 2.45) is 5.92 Å². The van der Waals surface area contributed by atoms with Crippen LogP contribution in [0.25, 0.3) is 0 Å². The molecule has 1 aromatic carbocycles. The highest BCUT2D eigenvalue weighted by atomic mass is 35.5. The number of thiazole rings is 1. The second kappa shape index (κ2) is 10.1. The van der Waals surface area contributed by atoms with Gasteiger partial charge in [0.05, 0.1) is 39.5 Å². The number of nitrogens with one attached hydrogen (secondary N) is 1. The van der Waals surface area contributed by atoms with Crippen LogP contribution in [0.15, 0.2) is 47.5 Å². The topological polar surface area (TPSA) is 92.3 Å². The molecule has 1 atom stereocenters. The molecule has 180 valence electrons. The Labute approximate surface area is 209 Å². The Balaban J connectivity index is 1.41. The number of fused-ring (bicyclic) bond motifs is 1. The number of hydrogen-bond donors (Lipinski definition) is 1. The number of anilines is 1. The van der Waals surface area contributed by atoms with E-state index in [1.54, 1.807) is 37.4 Å². The molecule has 7 nitrogen and oxygen atoms in total. The third-order valence-corrected chi connectivity index (χ3v) is 8.75. The molecule has 2 aromatic heterocycles. The number of hydrogen-bond acceptors (Lipinski definition) is 7. The van der Waals surface area contributed by atoms with Crippen molar-refractivity contribution in [3.05, 3.63) is 69.4 Å². The zero-order chi connectivity index (χ0) is 24.5. The molecule has 1 aliphatic rings. The summed E-state index contributed by atoms with van der Waals surface area (Å²) in [5, 5.41) is 4.12. The summed E-state index contributed by atoms with van der Waals surface area (Å²) in [6.07, 6.45) is 1.81. The van der Waals surface area contributed by atoms with E-state index in [2.05, 4.69) is 29.0 Å². The highest BCUT2D eigenvalue weighted by molar-refractivity contribution is 7.91. The van der Waals surface area contributed by atoms with Gasteiger partial charge < -0.3 is 5.32 Å². The number of amides is 1. The minimum absolute atomic E-state index is 0.0482. The molecule has 34 heavy (non-hydrogen) atoms. The third kappa shape index (κ3) is 5.49. The van der Waals surface area contributed by atoms with Crippen LogP contribution in [0.3, 0.4) is 0 Å². The number of benzene rings is 1. The molecule has 0 saturated heterocycles. The Morgan fingerprint density at radius 2 is 1.97 bits per heavy atom. The Hall–Kier alpha value is -2.33. The summed E-state index contributed by atoms with van der Waals surface area (Å²) in [4.78, 5) is 25.6. The normalized spacial score (nSPS) is 16.1. The average molecular weight is 519 g/mol. The molecule has 3 aromatic rings. The molecule has 0 bridgehead atoms. The first-order valence-electron chi connectivity index (χ1n) is 11.1. The summed E-state index contributed by atoms with van der Waals surface area (Å²) < 4.78 is 23.9. The standard InChI is InChI=1S/C24H27ClN4O3S2/c1-4-34(31,32)19-9-5-16(6-10-19)11-21(30)27-24-28-22-20(33-24)14-29(23(22)15(2)3)13-18-8-7-17(25)12-26-18/h5-10,12,15,23H,4,11,13-14H2,1-3H3,(H,27,28,30)/t23-/m0/s1. The molecule has 0 fully saturated rings. The van der Waals surface area contributed by atoms with Gasteiger partial charge in [-0.2, -0.15) is 0 Å². The van der Waals surface area contributed by atoms with E-state index in [1.165, 1.54) is 11.3 Å². The number of halogens is 1. The molecule has 1 N–H and O–H groups in total. The number of carbonyl (C=O) groups excluding carboxylic acids is 1. The lowest BCUT2D eigenvalue weighted by Crippen LogP contribution is -2.26. The molecule has 0 radical (unpaired) electrons. The van der Waals surface area contributed by atoms with Gasteiger partial charge in [-0.3, -0.25) is 14.7 Å². The van der Waals surface area contributed by atoms with E-state index in [-0.39, 0.29) is 29.0 Å². The van der Waals surface area contributed by atoms with Crippen LogP contribution in [-0.2, 0) is 34.1 Å². The van der Waals surface area contributed by atoms with Crippen LogP contribution in [0.5, 0.6) is 0 Å². The molecule has 0 spiro atoms. The van der Waals surface area contributed by atoms with Crippen LogP contribution in [-0.4, -0.2) is 34.9 Å². The Kier molecular flexibility index (Phi) is 7.37. The van der Waals surface area contributed by atoms with Gasteiger partial charge >= 0.3 is 0 Å². The first kappa shape index (κ1) is 24.8. The summed E-state index contributed by atoms with van der Waals surface area (Å²) in [7, 11) is -3.25. The van der Waals surface area contributed by atoms with Crippen molar-refractivity contribution in [1.82, 2.24) is 14.9 Å². The van der Waals surface area contributed by atoms with Gasteiger partial charge in [0.15, 0.2) is 15.0 Å². The van der Waals surface area contributed by atoms with Gasteiger partial charge in [0.25, 0.3) is 0 Å². The van der Waals surface area contributed by atoms with Gasteiger partial charge in [0.1, 0.15) is 0 Å². The molecule has 4 rings (SSSR count). The fraction of sp³-hybridized carbons (Fsp3) is 0.375. The Morgan fingerprint density at radius 3 is 2.59 bits per heavy atom. The molecular formula is C24H27ClN4O3S2. The zero-order valence-corrected chi connectivity index (χ0v) is 21.7. The number of nitrogens with zero attached hydrogens (tertiary/aromatic N) is 3. The summed E-state index contributed by atoms with van der Waals surface area (Å²) in [5.74, 6) is 0.214. The van der Waals surface area contributed by atoms with Crippen LogP contribution in [0.2, 0.25) is 5.02 Å². The molecule has 3 heterocycles. The largest absolute Gasteiger partial charge is 0.302 e. The van der Waals surface area contributed by atoms with Crippen molar-refractivity contribution < 1.29 is 13.2 Å². The molecule has 0 aliphatic carbocycles. The third-order valence-electron chi connectivity index (χ3n) is 5.81. The van der Waals surface area contributed by atoms with Crippen molar-refractivity contribution in [1.29, 1.82) is 0 Å². The lowest BCUT2D eigenvalue weighted by Gasteiger charge is -2.27. The van der Waals surface area contributed by atoms with E-state index in [0.717, 1.165) is 28.4 Å². The van der Waals surface area contributed by atoms with E-state index in [4.69, 9.17) is 16.6 Å². The van der Waals surface area contributed by atoms with E-state index >= 15 is 0 Å². The molecular weight excluding hydrogens is 492 g/mol. The number of aromatic nitrogens is 2. The van der Waals surface area contributed by atoms with Crippen molar-refractivity contribution in [3.63, 3.8) is 0 Å². The van der Waals surface area contributed by atoms with Gasteiger partial charge in [0, 0.05) is 24.2 Å². The summed E-state index contributed by atoms with van der Waals surface area (Å²) in [6.45, 7) is 7.40. The number of sulfone groups is 1. The quantitative estimate of drug-likeness (QED) is 0.457. The van der Waals surface area contributed by atoms with Crippen molar-refractivity contribution >= 4 is 43.8 Å². The van der Waals surface area contributed by atoms with Gasteiger partial charge in [-0.1, -0.05) is 44.5 Å². The van der Waals surface area contributed by atoms with Gasteiger partial charge in [0.2, 0.25) is 5.91 Å². The zero-order valence-electron chi connectivity index (χ0n) is 19.3. The summed E-state index contributed by atoms with van der Waals surface area (Å²) >= 11 is 7.46. The average Bonchev–Trinajstić information content (AvgIpc) is 3.31. The van der Waals surface area contributed by atoms with Crippen LogP contribution in [0.4, 0.5) is 5.13 Å². The van der Waals surface area contributed by atoms with Gasteiger partial charge in [-0.15, -0.1) is 11.3 Å². The van der Waals surface area contributed by atoms with Crippen molar-refractivity contribution in [3.8, 4) is 0 Å². The lowest BCUT2D eigenvalue weighted by molar-refractivity contribution is -0.115. The highest BCUT2D eigenvalue weighted by Gasteiger charge is 2.36. The fourth-order valence-electron chi connectivity index (χ4n) is 4.15. The SMILES string of the molecule is CCS(=O)(=O)c1ccc(CC(=O)Nc2nc3c(s2)CN(Cc2ccc(Cl)cn2)[C@H]3C(C)C)cc1. The Bertz CT molecular complexity index is 1270. The minimum Gasteiger partial charge on any atom is -0.302 e. The summed E-state index contributed by atoms with van der Waals surface area (Å²) in [6, 6.07) is 10.4. The molecule has 1 amide bonds. The number of pyridine rings is 1. The van der Waals surface area contributed by atoms with Crippen LogP contribution >= 0.6 is 22.9 Å². The molecule has 0 unspecified atom stereocenters. The van der Waals surface area contributed by atoms with Crippen LogP contribution < -0.4 is 5.32 Å². The second-order valence-corrected chi connectivity index (χ2v) is 12.5. The Morgan fingerprint density at radius 1 is 1.24 bits per heavy atom.